The molecule has 9 heteroatoms. The van der Waals surface area contributed by atoms with Crippen molar-refractivity contribution in [3.8, 4) is 0 Å². The number of carbonyl (C=O) groups excluding carboxylic acids is 3. The van der Waals surface area contributed by atoms with Crippen LogP contribution in [0.5, 0.6) is 0 Å². The Morgan fingerprint density at radius 3 is 2.59 bits per heavy atom. The number of fused-ring (bicyclic) bond motifs is 6. The van der Waals surface area contributed by atoms with Gasteiger partial charge in [-0.25, -0.2) is 9.69 Å². The number of esters is 1. The molecular formula is C30H27N3O6. The fourth-order valence-corrected chi connectivity index (χ4v) is 6.53. The standard InChI is InChI=1S/C30H27N3O6/c1-2-39-28(35)19-10-12-21(13-11-19)32-27(34)23-7-3-4-8-24(23)30(29(32)36)18-20-17-22(33(37)38)14-15-25(20)31-16-6-5-9-26(30)31/h3-4,7-8,10-15,17,26H,2,5-6,9,16,18H2,1H3/t26-,30+/m0/s1. The van der Waals surface area contributed by atoms with Crippen LogP contribution in [0.2, 0.25) is 0 Å². The summed E-state index contributed by atoms with van der Waals surface area (Å²) in [4.78, 5) is 55.4. The van der Waals surface area contributed by atoms with Crippen molar-refractivity contribution in [2.45, 2.75) is 44.1 Å². The average Bonchev–Trinajstić information content (AvgIpc) is 2.96. The van der Waals surface area contributed by atoms with Gasteiger partial charge in [-0.15, -0.1) is 0 Å². The molecule has 0 N–H and O–H groups in total. The van der Waals surface area contributed by atoms with Crippen molar-refractivity contribution in [1.29, 1.82) is 0 Å². The van der Waals surface area contributed by atoms with Gasteiger partial charge >= 0.3 is 5.97 Å². The van der Waals surface area contributed by atoms with Crippen molar-refractivity contribution in [2.75, 3.05) is 23.0 Å². The molecule has 0 radical (unpaired) electrons. The molecular weight excluding hydrogens is 498 g/mol. The van der Waals surface area contributed by atoms with Crippen molar-refractivity contribution in [1.82, 2.24) is 0 Å². The van der Waals surface area contributed by atoms with E-state index in [-0.39, 0.29) is 30.7 Å². The Labute approximate surface area is 225 Å². The highest BCUT2D eigenvalue weighted by Crippen LogP contribution is 2.51. The molecule has 2 atom stereocenters. The van der Waals surface area contributed by atoms with Gasteiger partial charge in [0.05, 0.1) is 22.8 Å². The number of ether oxygens (including phenoxy) is 1. The van der Waals surface area contributed by atoms with E-state index in [1.54, 1.807) is 55.5 Å². The highest BCUT2D eigenvalue weighted by molar-refractivity contribution is 6.28. The first kappa shape index (κ1) is 24.8. The van der Waals surface area contributed by atoms with Crippen molar-refractivity contribution in [3.05, 3.63) is 99.1 Å². The van der Waals surface area contributed by atoms with Crippen LogP contribution in [0.3, 0.4) is 0 Å². The molecule has 2 amide bonds. The van der Waals surface area contributed by atoms with Crippen LogP contribution in [0.15, 0.2) is 66.7 Å². The van der Waals surface area contributed by atoms with Crippen LogP contribution in [0, 0.1) is 10.1 Å². The fraction of sp³-hybridized carbons (Fsp3) is 0.300. The molecule has 1 saturated heterocycles. The van der Waals surface area contributed by atoms with E-state index in [1.165, 1.54) is 11.0 Å². The van der Waals surface area contributed by atoms with E-state index >= 15 is 0 Å². The van der Waals surface area contributed by atoms with Gasteiger partial charge in [0.1, 0.15) is 5.41 Å². The predicted octanol–water partition coefficient (Wildman–Crippen LogP) is 4.81. The Morgan fingerprint density at radius 2 is 1.85 bits per heavy atom. The van der Waals surface area contributed by atoms with Gasteiger partial charge in [-0.1, -0.05) is 18.2 Å². The van der Waals surface area contributed by atoms with Crippen LogP contribution in [0.4, 0.5) is 17.1 Å². The Morgan fingerprint density at radius 1 is 1.08 bits per heavy atom. The molecule has 0 unspecified atom stereocenters. The summed E-state index contributed by atoms with van der Waals surface area (Å²) in [5.41, 5.74) is 2.26. The lowest BCUT2D eigenvalue weighted by atomic mass is 9.61. The third-order valence-corrected chi connectivity index (χ3v) is 8.19. The monoisotopic (exact) mass is 525 g/mol. The summed E-state index contributed by atoms with van der Waals surface area (Å²) in [5, 5.41) is 11.6. The van der Waals surface area contributed by atoms with Crippen LogP contribution >= 0.6 is 0 Å². The minimum absolute atomic E-state index is 0.0293. The molecule has 198 valence electrons. The lowest BCUT2D eigenvalue weighted by molar-refractivity contribution is -0.384. The highest BCUT2D eigenvalue weighted by atomic mass is 16.6. The van der Waals surface area contributed by atoms with Gasteiger partial charge in [0.15, 0.2) is 0 Å². The summed E-state index contributed by atoms with van der Waals surface area (Å²) >= 11 is 0. The first-order valence-corrected chi connectivity index (χ1v) is 13.2. The molecule has 0 saturated carbocycles. The molecule has 1 spiro atoms. The molecule has 3 heterocycles. The number of amides is 2. The number of carbonyl (C=O) groups is 3. The molecule has 3 aliphatic heterocycles. The number of imide groups is 1. The van der Waals surface area contributed by atoms with Crippen LogP contribution in [0.1, 0.15) is 58.0 Å². The van der Waals surface area contributed by atoms with Gasteiger partial charge in [0.2, 0.25) is 5.91 Å². The number of rotatable bonds is 4. The van der Waals surface area contributed by atoms with Gasteiger partial charge in [0.25, 0.3) is 11.6 Å². The smallest absolute Gasteiger partial charge is 0.338 e. The number of nitro benzene ring substituents is 1. The molecule has 3 aliphatic rings. The largest absolute Gasteiger partial charge is 0.462 e. The maximum atomic E-state index is 14.7. The number of anilines is 2. The van der Waals surface area contributed by atoms with Crippen molar-refractivity contribution in [3.63, 3.8) is 0 Å². The zero-order valence-corrected chi connectivity index (χ0v) is 21.5. The quantitative estimate of drug-likeness (QED) is 0.208. The normalized spacial score (nSPS) is 21.7. The average molecular weight is 526 g/mol. The lowest BCUT2D eigenvalue weighted by Gasteiger charge is -2.55. The van der Waals surface area contributed by atoms with Gasteiger partial charge in [-0.3, -0.25) is 19.7 Å². The third-order valence-electron chi connectivity index (χ3n) is 8.19. The Hall–Kier alpha value is -4.53. The minimum atomic E-state index is -1.12. The maximum Gasteiger partial charge on any atom is 0.338 e. The molecule has 0 bridgehead atoms. The molecule has 39 heavy (non-hydrogen) atoms. The number of non-ortho nitro benzene ring substituents is 1. The summed E-state index contributed by atoms with van der Waals surface area (Å²) in [6.07, 6.45) is 2.87. The number of nitro groups is 1. The summed E-state index contributed by atoms with van der Waals surface area (Å²) in [5.74, 6) is -1.27. The number of piperidine rings is 1. The summed E-state index contributed by atoms with van der Waals surface area (Å²) in [6.45, 7) is 2.68. The van der Waals surface area contributed by atoms with Gasteiger partial charge in [-0.2, -0.15) is 0 Å². The minimum Gasteiger partial charge on any atom is -0.462 e. The first-order valence-electron chi connectivity index (χ1n) is 13.2. The number of benzene rings is 3. The van der Waals surface area contributed by atoms with Crippen molar-refractivity contribution < 1.29 is 24.0 Å². The van der Waals surface area contributed by atoms with Crippen molar-refractivity contribution >= 4 is 34.8 Å². The molecule has 3 aromatic carbocycles. The van der Waals surface area contributed by atoms with E-state index in [1.807, 2.05) is 12.1 Å². The molecule has 0 aromatic heterocycles. The Kier molecular flexibility index (Phi) is 5.94. The van der Waals surface area contributed by atoms with Crippen LogP contribution in [-0.4, -0.2) is 41.9 Å². The SMILES string of the molecule is CCOC(=O)c1ccc(N2C(=O)c3ccccc3[C@@]3(Cc4cc([N+](=O)[O-])ccc4N4CCCC[C@H]43)C2=O)cc1. The zero-order valence-electron chi connectivity index (χ0n) is 21.5. The number of hydrogen-bond acceptors (Lipinski definition) is 7. The maximum absolute atomic E-state index is 14.7. The summed E-state index contributed by atoms with van der Waals surface area (Å²) in [6, 6.07) is 18.1. The summed E-state index contributed by atoms with van der Waals surface area (Å²) < 4.78 is 5.07. The topological polar surface area (TPSA) is 110 Å². The number of nitrogens with zero attached hydrogens (tertiary/aromatic N) is 3. The molecule has 9 nitrogen and oxygen atoms in total. The van der Waals surface area contributed by atoms with Gasteiger partial charge in [-0.05, 0) is 80.1 Å². The van der Waals surface area contributed by atoms with E-state index in [0.717, 1.165) is 37.1 Å². The second-order valence-electron chi connectivity index (χ2n) is 10.2. The first-order chi connectivity index (χ1) is 18.9. The number of hydrogen-bond donors (Lipinski definition) is 0. The molecule has 3 aromatic rings. The second kappa shape index (κ2) is 9.34. The van der Waals surface area contributed by atoms with E-state index < -0.39 is 22.2 Å². The van der Waals surface area contributed by atoms with E-state index in [0.29, 0.717) is 22.4 Å². The zero-order chi connectivity index (χ0) is 27.3. The second-order valence-corrected chi connectivity index (χ2v) is 10.2. The van der Waals surface area contributed by atoms with Gasteiger partial charge in [0, 0.05) is 36.0 Å². The van der Waals surface area contributed by atoms with Gasteiger partial charge < -0.3 is 9.64 Å². The predicted molar refractivity (Wildman–Crippen MR) is 144 cm³/mol. The van der Waals surface area contributed by atoms with Crippen LogP contribution < -0.4 is 9.80 Å². The van der Waals surface area contributed by atoms with E-state index in [9.17, 15) is 24.5 Å². The van der Waals surface area contributed by atoms with E-state index in [2.05, 4.69) is 4.90 Å². The molecule has 0 aliphatic carbocycles. The lowest BCUT2D eigenvalue weighted by Crippen LogP contribution is -2.67. The van der Waals surface area contributed by atoms with E-state index in [4.69, 9.17) is 4.74 Å². The van der Waals surface area contributed by atoms with Crippen LogP contribution in [-0.2, 0) is 21.4 Å². The summed E-state index contributed by atoms with van der Waals surface area (Å²) in [7, 11) is 0. The van der Waals surface area contributed by atoms with Crippen molar-refractivity contribution in [2.24, 2.45) is 0 Å². The molecule has 1 fully saturated rings. The third kappa shape index (κ3) is 3.71. The fourth-order valence-electron chi connectivity index (χ4n) is 6.53. The highest BCUT2D eigenvalue weighted by Gasteiger charge is 2.59. The Balaban J connectivity index is 1.53. The molecule has 6 rings (SSSR count). The van der Waals surface area contributed by atoms with Crippen LogP contribution in [0.25, 0.3) is 0 Å². The Bertz CT molecular complexity index is 1520.